The van der Waals surface area contributed by atoms with Crippen LogP contribution >= 0.6 is 57.0 Å². The Labute approximate surface area is 181 Å². The number of likely N-dealkylation sites (tertiary alicyclic amines) is 1. The van der Waals surface area contributed by atoms with Crippen molar-refractivity contribution >= 4 is 68.1 Å². The van der Waals surface area contributed by atoms with Gasteiger partial charge in [-0.15, -0.1) is 0 Å². The van der Waals surface area contributed by atoms with Crippen LogP contribution in [0.1, 0.15) is 30.1 Å². The summed E-state index contributed by atoms with van der Waals surface area (Å²) in [6, 6.07) is 10.2. The van der Waals surface area contributed by atoms with E-state index in [-0.39, 0.29) is 13.5 Å². The number of hydrogen-bond acceptors (Lipinski definition) is 3. The van der Waals surface area contributed by atoms with Crippen LogP contribution in [0, 0.1) is 0 Å². The average Bonchev–Trinajstić information content (AvgIpc) is 2.97. The molecular formula is C18H19Br2ClN4S. The minimum atomic E-state index is 0. The molecule has 8 heteroatoms. The van der Waals surface area contributed by atoms with Gasteiger partial charge in [0.25, 0.3) is 0 Å². The molecule has 0 amide bonds. The van der Waals surface area contributed by atoms with Crippen molar-refractivity contribution in [3.8, 4) is 0 Å². The Morgan fingerprint density at radius 3 is 2.69 bits per heavy atom. The minimum Gasteiger partial charge on any atom is -0.340 e. The van der Waals surface area contributed by atoms with Crippen LogP contribution < -0.4 is 0 Å². The Morgan fingerprint density at radius 2 is 1.92 bits per heavy atom. The van der Waals surface area contributed by atoms with Crippen LogP contribution in [0.25, 0.3) is 11.2 Å². The number of fused-ring (bicyclic) bond motifs is 1. The highest BCUT2D eigenvalue weighted by atomic mass is 79.9. The van der Waals surface area contributed by atoms with Gasteiger partial charge in [0.15, 0.2) is 5.65 Å². The molecule has 1 atom stereocenters. The van der Waals surface area contributed by atoms with Crippen LogP contribution in [0.5, 0.6) is 0 Å². The summed E-state index contributed by atoms with van der Waals surface area (Å²) in [4.78, 5) is 14.9. The van der Waals surface area contributed by atoms with E-state index in [2.05, 4.69) is 69.9 Å². The molecule has 0 aliphatic carbocycles. The highest BCUT2D eigenvalue weighted by molar-refractivity contribution is 9.11. The molecule has 3 heterocycles. The number of nitrogens with zero attached hydrogens (tertiary/aromatic N) is 3. The fraction of sp³-hybridized carbons (Fsp3) is 0.333. The second-order valence-electron chi connectivity index (χ2n) is 6.48. The first-order valence-corrected chi connectivity index (χ1v) is 10.2. The van der Waals surface area contributed by atoms with Crippen LogP contribution in [0.15, 0.2) is 39.3 Å². The maximum Gasteiger partial charge on any atom is 0.179 e. The highest BCUT2D eigenvalue weighted by Gasteiger charge is 2.24. The number of pyridine rings is 1. The van der Waals surface area contributed by atoms with Gasteiger partial charge in [-0.2, -0.15) is 13.5 Å². The highest BCUT2D eigenvalue weighted by Crippen LogP contribution is 2.28. The summed E-state index contributed by atoms with van der Waals surface area (Å²) in [5, 5.41) is 0.482. The number of nitrogens with one attached hydrogen (secondary N) is 1. The molecule has 0 radical (unpaired) electrons. The Morgan fingerprint density at radius 1 is 1.15 bits per heavy atom. The number of piperidine rings is 1. The van der Waals surface area contributed by atoms with Crippen molar-refractivity contribution in [1.82, 2.24) is 19.9 Å². The Hall–Kier alpha value is -0.600. The van der Waals surface area contributed by atoms with Gasteiger partial charge < -0.3 is 4.98 Å². The summed E-state index contributed by atoms with van der Waals surface area (Å²) in [5.41, 5.74) is 2.96. The lowest BCUT2D eigenvalue weighted by Crippen LogP contribution is -2.34. The van der Waals surface area contributed by atoms with Crippen molar-refractivity contribution in [3.05, 3.63) is 55.8 Å². The second-order valence-corrected chi connectivity index (χ2v) is 8.70. The normalized spacial score (nSPS) is 18.0. The van der Waals surface area contributed by atoms with E-state index in [0.717, 1.165) is 46.3 Å². The number of imidazole rings is 1. The number of aromatic nitrogens is 3. The molecule has 1 fully saturated rings. The zero-order valence-corrected chi connectivity index (χ0v) is 18.9. The first kappa shape index (κ1) is 20.1. The molecule has 1 aliphatic rings. The van der Waals surface area contributed by atoms with Gasteiger partial charge >= 0.3 is 0 Å². The summed E-state index contributed by atoms with van der Waals surface area (Å²) in [6.07, 6.45) is 2.32. The van der Waals surface area contributed by atoms with E-state index in [0.29, 0.717) is 16.7 Å². The van der Waals surface area contributed by atoms with Gasteiger partial charge in [-0.05, 0) is 55.3 Å². The van der Waals surface area contributed by atoms with E-state index < -0.39 is 0 Å². The van der Waals surface area contributed by atoms with Gasteiger partial charge in [-0.3, -0.25) is 4.90 Å². The van der Waals surface area contributed by atoms with Gasteiger partial charge in [0.05, 0.1) is 5.52 Å². The number of H-pyrrole nitrogens is 1. The molecule has 26 heavy (non-hydrogen) atoms. The number of aromatic amines is 1. The number of hydrogen-bond donors (Lipinski definition) is 1. The lowest BCUT2D eigenvalue weighted by Gasteiger charge is -2.31. The van der Waals surface area contributed by atoms with Gasteiger partial charge in [0.1, 0.15) is 11.0 Å². The molecule has 138 valence electrons. The van der Waals surface area contributed by atoms with Gasteiger partial charge in [0.2, 0.25) is 0 Å². The van der Waals surface area contributed by atoms with E-state index in [1.807, 2.05) is 6.07 Å². The largest absolute Gasteiger partial charge is 0.340 e. The SMILES string of the molecule is Clc1ccc2[nH]c([C@H]3CCCN(Cc4cc(Br)cc(Br)c4)C3)nc2n1.S. The lowest BCUT2D eigenvalue weighted by atomic mass is 9.97. The van der Waals surface area contributed by atoms with Gasteiger partial charge in [0, 0.05) is 28.0 Å². The third-order valence-electron chi connectivity index (χ3n) is 4.55. The third-order valence-corrected chi connectivity index (χ3v) is 5.68. The Balaban J connectivity index is 0.00000196. The summed E-state index contributed by atoms with van der Waals surface area (Å²) >= 11 is 13.1. The first-order valence-electron chi connectivity index (χ1n) is 8.26. The molecule has 1 N–H and O–H groups in total. The monoisotopic (exact) mass is 516 g/mol. The summed E-state index contributed by atoms with van der Waals surface area (Å²) < 4.78 is 2.20. The molecule has 1 aliphatic heterocycles. The smallest absolute Gasteiger partial charge is 0.179 e. The molecule has 3 aromatic rings. The number of rotatable bonds is 3. The van der Waals surface area contributed by atoms with Crippen LogP contribution in [0.2, 0.25) is 5.15 Å². The molecule has 1 aromatic carbocycles. The maximum atomic E-state index is 5.97. The average molecular weight is 519 g/mol. The zero-order valence-electron chi connectivity index (χ0n) is 14.0. The fourth-order valence-corrected chi connectivity index (χ4v) is 5.00. The fourth-order valence-electron chi connectivity index (χ4n) is 3.46. The molecular weight excluding hydrogens is 500 g/mol. The van der Waals surface area contributed by atoms with Crippen LogP contribution in [-0.2, 0) is 6.54 Å². The van der Waals surface area contributed by atoms with Crippen LogP contribution in [0.4, 0.5) is 0 Å². The molecule has 1 saturated heterocycles. The maximum absolute atomic E-state index is 5.97. The quantitative estimate of drug-likeness (QED) is 0.457. The Kier molecular flexibility index (Phi) is 6.67. The van der Waals surface area contributed by atoms with Crippen molar-refractivity contribution < 1.29 is 0 Å². The number of benzene rings is 1. The Bertz CT molecular complexity index is 897. The summed E-state index contributed by atoms with van der Waals surface area (Å²) in [6.45, 7) is 3.06. The van der Waals surface area contributed by atoms with Crippen molar-refractivity contribution in [2.24, 2.45) is 0 Å². The molecule has 4 nitrogen and oxygen atoms in total. The summed E-state index contributed by atoms with van der Waals surface area (Å²) in [7, 11) is 0. The molecule has 0 unspecified atom stereocenters. The molecule has 0 spiro atoms. The first-order chi connectivity index (χ1) is 12.1. The van der Waals surface area contributed by atoms with E-state index in [4.69, 9.17) is 11.6 Å². The predicted octanol–water partition coefficient (Wildman–Crippen LogP) is 5.63. The van der Waals surface area contributed by atoms with Gasteiger partial charge in [-0.25, -0.2) is 9.97 Å². The van der Waals surface area contributed by atoms with Crippen molar-refractivity contribution in [3.63, 3.8) is 0 Å². The predicted molar refractivity (Wildman–Crippen MR) is 118 cm³/mol. The topological polar surface area (TPSA) is 44.8 Å². The lowest BCUT2D eigenvalue weighted by molar-refractivity contribution is 0.197. The van der Waals surface area contributed by atoms with Gasteiger partial charge in [-0.1, -0.05) is 43.5 Å². The van der Waals surface area contributed by atoms with E-state index in [1.54, 1.807) is 6.07 Å². The molecule has 2 aromatic heterocycles. The van der Waals surface area contributed by atoms with Crippen LogP contribution in [0.3, 0.4) is 0 Å². The number of halogens is 3. The van der Waals surface area contributed by atoms with Crippen molar-refractivity contribution in [1.29, 1.82) is 0 Å². The molecule has 4 rings (SSSR count). The van der Waals surface area contributed by atoms with Crippen molar-refractivity contribution in [2.75, 3.05) is 13.1 Å². The van der Waals surface area contributed by atoms with Crippen LogP contribution in [-0.4, -0.2) is 32.9 Å². The standard InChI is InChI=1S/C18H17Br2ClN4.H2S/c19-13-6-11(7-14(20)8-13)9-25-5-1-2-12(10-25)17-22-15-3-4-16(21)23-18(15)24-17;/h3-4,6-8,12H,1-2,5,9-10H2,(H,22,23,24);1H2/t12-;/m0./s1. The van der Waals surface area contributed by atoms with E-state index >= 15 is 0 Å². The van der Waals surface area contributed by atoms with E-state index in [9.17, 15) is 0 Å². The third kappa shape index (κ3) is 4.62. The molecule has 0 bridgehead atoms. The summed E-state index contributed by atoms with van der Waals surface area (Å²) in [5.74, 6) is 1.42. The van der Waals surface area contributed by atoms with Crippen molar-refractivity contribution in [2.45, 2.75) is 25.3 Å². The van der Waals surface area contributed by atoms with E-state index in [1.165, 1.54) is 12.0 Å². The minimum absolute atomic E-state index is 0. The molecule has 0 saturated carbocycles. The second kappa shape index (κ2) is 8.61. The zero-order chi connectivity index (χ0) is 17.4.